The molecule has 2 saturated heterocycles. The smallest absolute Gasteiger partial charge is 0.0920 e. The monoisotopic (exact) mass is 378 g/mol. The summed E-state index contributed by atoms with van der Waals surface area (Å²) in [6.07, 6.45) is 12.8. The summed E-state index contributed by atoms with van der Waals surface area (Å²) in [5.74, 6) is 2.48. The molecule has 2 aliphatic heterocycles. The van der Waals surface area contributed by atoms with Crippen LogP contribution in [-0.4, -0.2) is 50.3 Å². The van der Waals surface area contributed by atoms with E-state index in [0.29, 0.717) is 30.1 Å². The highest BCUT2D eigenvalue weighted by atomic mass is 16.6. The first-order valence-electron chi connectivity index (χ1n) is 11.5. The predicted octanol–water partition coefficient (Wildman–Crippen LogP) is 4.35. The van der Waals surface area contributed by atoms with Crippen LogP contribution in [0.2, 0.25) is 0 Å². The van der Waals surface area contributed by atoms with Gasteiger partial charge in [0.15, 0.2) is 0 Å². The molecule has 0 aromatic rings. The molecule has 0 radical (unpaired) electrons. The van der Waals surface area contributed by atoms with Crippen LogP contribution in [0.1, 0.15) is 71.6 Å². The zero-order chi connectivity index (χ0) is 18.5. The van der Waals surface area contributed by atoms with Gasteiger partial charge in [0.1, 0.15) is 0 Å². The molecule has 0 spiro atoms. The van der Waals surface area contributed by atoms with Crippen molar-refractivity contribution in [2.45, 2.75) is 95.5 Å². The van der Waals surface area contributed by atoms with E-state index in [1.54, 1.807) is 0 Å². The van der Waals surface area contributed by atoms with Gasteiger partial charge in [-0.3, -0.25) is 0 Å². The third-order valence-electron chi connectivity index (χ3n) is 8.57. The summed E-state index contributed by atoms with van der Waals surface area (Å²) in [6, 6.07) is 0. The molecule has 3 aliphatic carbocycles. The highest BCUT2D eigenvalue weighted by Gasteiger charge is 2.56. The normalized spacial score (nSPS) is 51.3. The first kappa shape index (κ1) is 18.8. The molecule has 0 amide bonds. The summed E-state index contributed by atoms with van der Waals surface area (Å²) in [5, 5.41) is 0. The third-order valence-corrected chi connectivity index (χ3v) is 8.57. The van der Waals surface area contributed by atoms with Gasteiger partial charge in [-0.2, -0.15) is 0 Å². The Balaban J connectivity index is 0.924. The van der Waals surface area contributed by atoms with Crippen molar-refractivity contribution >= 4 is 0 Å². The van der Waals surface area contributed by atoms with Crippen LogP contribution in [0.4, 0.5) is 0 Å². The second-order valence-electron chi connectivity index (χ2n) is 10.7. The van der Waals surface area contributed by atoms with Crippen molar-refractivity contribution in [3.63, 3.8) is 0 Å². The fraction of sp³-hybridized carbons (Fsp3) is 1.00. The molecular weight excluding hydrogens is 340 g/mol. The van der Waals surface area contributed by atoms with E-state index >= 15 is 0 Å². The van der Waals surface area contributed by atoms with E-state index in [4.69, 9.17) is 18.9 Å². The standard InChI is InChI=1S/C23H38O4/c1-22-7-5-16(11-18(22)13-22)14-24-9-10-25-19-3-4-20(26-15-19)17-6-8-23(2)21(12-17)27-23/h16-21H,3-15H2,1-2H3. The van der Waals surface area contributed by atoms with Crippen LogP contribution >= 0.6 is 0 Å². The van der Waals surface area contributed by atoms with Gasteiger partial charge < -0.3 is 18.9 Å². The first-order valence-corrected chi connectivity index (χ1v) is 11.5. The lowest BCUT2D eigenvalue weighted by Crippen LogP contribution is -2.38. The lowest BCUT2D eigenvalue weighted by Gasteiger charge is -2.35. The van der Waals surface area contributed by atoms with E-state index in [0.717, 1.165) is 44.5 Å². The van der Waals surface area contributed by atoms with Gasteiger partial charge in [-0.15, -0.1) is 0 Å². The van der Waals surface area contributed by atoms with E-state index in [1.165, 1.54) is 44.9 Å². The van der Waals surface area contributed by atoms with Gasteiger partial charge in [-0.1, -0.05) is 6.92 Å². The lowest BCUT2D eigenvalue weighted by molar-refractivity contribution is -0.113. The molecule has 0 N–H and O–H groups in total. The predicted molar refractivity (Wildman–Crippen MR) is 104 cm³/mol. The summed E-state index contributed by atoms with van der Waals surface area (Å²) < 4.78 is 24.0. The zero-order valence-electron chi connectivity index (χ0n) is 17.3. The van der Waals surface area contributed by atoms with E-state index in [9.17, 15) is 0 Å². The number of hydrogen-bond acceptors (Lipinski definition) is 4. The van der Waals surface area contributed by atoms with Crippen molar-refractivity contribution < 1.29 is 18.9 Å². The molecule has 0 bridgehead atoms. The number of rotatable bonds is 7. The van der Waals surface area contributed by atoms with Crippen molar-refractivity contribution in [3.05, 3.63) is 0 Å². The minimum atomic E-state index is 0.215. The Labute approximate surface area is 164 Å². The molecule has 8 unspecified atom stereocenters. The Hall–Kier alpha value is -0.160. The average Bonchev–Trinajstić information content (AvgIpc) is 3.54. The van der Waals surface area contributed by atoms with Crippen LogP contribution in [-0.2, 0) is 18.9 Å². The molecule has 2 heterocycles. The Bertz CT molecular complexity index is 530. The summed E-state index contributed by atoms with van der Waals surface area (Å²) in [6.45, 7) is 7.86. The SMILES string of the molecule is CC12CCC(COCCOC3CCC(C4CCC5(C)OC5C4)OC3)CC1C2. The van der Waals surface area contributed by atoms with Crippen LogP contribution in [0.5, 0.6) is 0 Å². The Morgan fingerprint density at radius 3 is 2.70 bits per heavy atom. The van der Waals surface area contributed by atoms with Gasteiger partial charge in [0.2, 0.25) is 0 Å². The fourth-order valence-electron chi connectivity index (χ4n) is 6.17. The molecule has 5 rings (SSSR count). The van der Waals surface area contributed by atoms with E-state index in [2.05, 4.69) is 13.8 Å². The molecule has 154 valence electrons. The molecule has 5 aliphatic rings. The highest BCUT2D eigenvalue weighted by Crippen LogP contribution is 2.62. The summed E-state index contributed by atoms with van der Waals surface area (Å²) >= 11 is 0. The van der Waals surface area contributed by atoms with Crippen LogP contribution in [0.15, 0.2) is 0 Å². The molecule has 27 heavy (non-hydrogen) atoms. The van der Waals surface area contributed by atoms with Crippen LogP contribution in [0.3, 0.4) is 0 Å². The minimum absolute atomic E-state index is 0.215. The molecular formula is C23H38O4. The van der Waals surface area contributed by atoms with Crippen molar-refractivity contribution in [2.75, 3.05) is 26.4 Å². The third kappa shape index (κ3) is 4.10. The van der Waals surface area contributed by atoms with Crippen molar-refractivity contribution in [3.8, 4) is 0 Å². The van der Waals surface area contributed by atoms with Gasteiger partial charge in [-0.05, 0) is 87.9 Å². The number of hydrogen-bond donors (Lipinski definition) is 0. The van der Waals surface area contributed by atoms with E-state index in [-0.39, 0.29) is 11.7 Å². The highest BCUT2D eigenvalue weighted by molar-refractivity contribution is 5.05. The quantitative estimate of drug-likeness (QED) is 0.488. The largest absolute Gasteiger partial charge is 0.379 e. The maximum atomic E-state index is 6.19. The maximum absolute atomic E-state index is 6.19. The molecule has 3 saturated carbocycles. The van der Waals surface area contributed by atoms with E-state index in [1.807, 2.05) is 0 Å². The van der Waals surface area contributed by atoms with Gasteiger partial charge >= 0.3 is 0 Å². The fourth-order valence-corrected chi connectivity index (χ4v) is 6.17. The van der Waals surface area contributed by atoms with Crippen LogP contribution in [0.25, 0.3) is 0 Å². The summed E-state index contributed by atoms with van der Waals surface area (Å²) in [5.41, 5.74) is 0.925. The summed E-state index contributed by atoms with van der Waals surface area (Å²) in [7, 11) is 0. The van der Waals surface area contributed by atoms with E-state index < -0.39 is 0 Å². The lowest BCUT2D eigenvalue weighted by atomic mass is 9.78. The second-order valence-corrected chi connectivity index (χ2v) is 10.7. The zero-order valence-corrected chi connectivity index (χ0v) is 17.3. The van der Waals surface area contributed by atoms with Crippen molar-refractivity contribution in [1.82, 2.24) is 0 Å². The number of ether oxygens (including phenoxy) is 4. The van der Waals surface area contributed by atoms with Crippen LogP contribution < -0.4 is 0 Å². The summed E-state index contributed by atoms with van der Waals surface area (Å²) in [4.78, 5) is 0. The van der Waals surface area contributed by atoms with Gasteiger partial charge in [0, 0.05) is 6.61 Å². The molecule has 5 fully saturated rings. The average molecular weight is 379 g/mol. The van der Waals surface area contributed by atoms with Crippen LogP contribution in [0, 0.1) is 23.2 Å². The minimum Gasteiger partial charge on any atom is -0.379 e. The molecule has 0 aromatic heterocycles. The second kappa shape index (κ2) is 7.27. The van der Waals surface area contributed by atoms with Gasteiger partial charge in [0.25, 0.3) is 0 Å². The molecule has 4 nitrogen and oxygen atoms in total. The maximum Gasteiger partial charge on any atom is 0.0920 e. The van der Waals surface area contributed by atoms with Gasteiger partial charge in [-0.25, -0.2) is 0 Å². The Morgan fingerprint density at radius 2 is 1.93 bits per heavy atom. The van der Waals surface area contributed by atoms with Crippen molar-refractivity contribution in [2.24, 2.45) is 23.2 Å². The van der Waals surface area contributed by atoms with Gasteiger partial charge in [0.05, 0.1) is 43.7 Å². The van der Waals surface area contributed by atoms with Crippen molar-refractivity contribution in [1.29, 1.82) is 0 Å². The Kier molecular flexibility index (Phi) is 5.07. The Morgan fingerprint density at radius 1 is 1.00 bits per heavy atom. The molecule has 8 atom stereocenters. The molecule has 4 heteroatoms. The number of fused-ring (bicyclic) bond motifs is 2. The number of epoxide rings is 1. The topological polar surface area (TPSA) is 40.2 Å². The molecule has 0 aromatic carbocycles. The first-order chi connectivity index (χ1) is 13.0.